The number of carbonyl (C=O) groups is 1. The minimum atomic E-state index is -4.40. The van der Waals surface area contributed by atoms with Crippen molar-refractivity contribution in [2.24, 2.45) is 0 Å². The van der Waals surface area contributed by atoms with Crippen LogP contribution in [0, 0.1) is 0 Å². The van der Waals surface area contributed by atoms with E-state index in [1.54, 1.807) is 19.3 Å². The van der Waals surface area contributed by atoms with Gasteiger partial charge in [0.05, 0.1) is 16.6 Å². The van der Waals surface area contributed by atoms with E-state index in [4.69, 9.17) is 0 Å². The molecule has 6 nitrogen and oxygen atoms in total. The summed E-state index contributed by atoms with van der Waals surface area (Å²) in [5.41, 5.74) is 3.09. The van der Waals surface area contributed by atoms with Crippen molar-refractivity contribution in [3.8, 4) is 0 Å². The molecule has 9 heteroatoms. The maximum Gasteiger partial charge on any atom is 0.416 e. The number of carbonyl (C=O) groups excluding carboxylic acids is 1. The van der Waals surface area contributed by atoms with Crippen LogP contribution in [0.15, 0.2) is 60.8 Å². The van der Waals surface area contributed by atoms with Crippen LogP contribution in [-0.4, -0.2) is 27.9 Å². The summed E-state index contributed by atoms with van der Waals surface area (Å²) in [6, 6.07) is 14.5. The fraction of sp³-hybridized carbons (Fsp3) is 0.136. The Balaban J connectivity index is 1.47. The zero-order chi connectivity index (χ0) is 22.0. The molecule has 0 spiro atoms. The molecule has 4 rings (SSSR count). The van der Waals surface area contributed by atoms with Crippen LogP contribution in [0.2, 0.25) is 0 Å². The van der Waals surface area contributed by atoms with E-state index in [2.05, 4.69) is 25.6 Å². The minimum absolute atomic E-state index is 0.241. The normalized spacial score (nSPS) is 11.5. The molecule has 31 heavy (non-hydrogen) atoms. The molecule has 0 saturated carbocycles. The van der Waals surface area contributed by atoms with Crippen molar-refractivity contribution in [1.82, 2.24) is 20.3 Å². The first kappa shape index (κ1) is 20.4. The summed E-state index contributed by atoms with van der Waals surface area (Å²) in [5, 5.41) is 5.61. The second-order valence-electron chi connectivity index (χ2n) is 6.94. The van der Waals surface area contributed by atoms with Gasteiger partial charge >= 0.3 is 6.18 Å². The molecule has 0 unspecified atom stereocenters. The van der Waals surface area contributed by atoms with E-state index >= 15 is 0 Å². The van der Waals surface area contributed by atoms with Crippen molar-refractivity contribution in [2.45, 2.75) is 12.6 Å². The SMILES string of the molecule is CNC(=O)c1cc(Cc2ccc(Nc3nc4ccc(C(F)(F)F)cc4[nH]3)cc2)ccn1. The molecule has 0 aliphatic heterocycles. The van der Waals surface area contributed by atoms with Gasteiger partial charge in [-0.3, -0.25) is 9.78 Å². The van der Waals surface area contributed by atoms with Crippen LogP contribution in [0.25, 0.3) is 11.0 Å². The lowest BCUT2D eigenvalue weighted by Crippen LogP contribution is -2.19. The van der Waals surface area contributed by atoms with Crippen molar-refractivity contribution in [3.05, 3.63) is 83.2 Å². The van der Waals surface area contributed by atoms with Gasteiger partial charge in [0, 0.05) is 18.9 Å². The number of pyridine rings is 1. The summed E-state index contributed by atoms with van der Waals surface area (Å²) >= 11 is 0. The molecule has 0 fully saturated rings. The number of nitrogens with one attached hydrogen (secondary N) is 3. The quantitative estimate of drug-likeness (QED) is 0.434. The Labute approximate surface area is 175 Å². The predicted octanol–water partition coefficient (Wildman–Crippen LogP) is 4.67. The van der Waals surface area contributed by atoms with Crippen molar-refractivity contribution in [3.63, 3.8) is 0 Å². The maximum absolute atomic E-state index is 12.9. The summed E-state index contributed by atoms with van der Waals surface area (Å²) in [7, 11) is 1.56. The zero-order valence-electron chi connectivity index (χ0n) is 16.4. The van der Waals surface area contributed by atoms with Crippen LogP contribution in [0.4, 0.5) is 24.8 Å². The Hall–Kier alpha value is -3.88. The van der Waals surface area contributed by atoms with Crippen molar-refractivity contribution >= 4 is 28.6 Å². The van der Waals surface area contributed by atoms with Crippen LogP contribution in [0.5, 0.6) is 0 Å². The number of amides is 1. The Bertz CT molecular complexity index is 1230. The number of rotatable bonds is 5. The van der Waals surface area contributed by atoms with E-state index in [0.29, 0.717) is 29.1 Å². The highest BCUT2D eigenvalue weighted by Gasteiger charge is 2.30. The molecule has 0 saturated heterocycles. The lowest BCUT2D eigenvalue weighted by atomic mass is 10.0. The lowest BCUT2D eigenvalue weighted by Gasteiger charge is -2.07. The highest BCUT2D eigenvalue weighted by Crippen LogP contribution is 2.31. The first-order valence-electron chi connectivity index (χ1n) is 9.42. The monoisotopic (exact) mass is 425 g/mol. The van der Waals surface area contributed by atoms with Gasteiger partial charge in [-0.25, -0.2) is 4.98 Å². The standard InChI is InChI=1S/C22H18F3N5O/c1-26-20(31)19-11-14(8-9-27-19)10-13-2-5-16(6-3-13)28-21-29-17-7-4-15(22(23,24)25)12-18(17)30-21/h2-9,11-12H,10H2,1H3,(H,26,31)(H2,28,29,30). The van der Waals surface area contributed by atoms with E-state index in [0.717, 1.165) is 28.9 Å². The number of aromatic amines is 1. The number of nitrogens with zero attached hydrogens (tertiary/aromatic N) is 2. The molecular weight excluding hydrogens is 407 g/mol. The molecule has 0 bridgehead atoms. The molecule has 2 heterocycles. The Kier molecular flexibility index (Phi) is 5.33. The van der Waals surface area contributed by atoms with Gasteiger partial charge in [-0.1, -0.05) is 12.1 Å². The topological polar surface area (TPSA) is 82.7 Å². The van der Waals surface area contributed by atoms with E-state index in [9.17, 15) is 18.0 Å². The fourth-order valence-corrected chi connectivity index (χ4v) is 3.16. The summed E-state index contributed by atoms with van der Waals surface area (Å²) in [6.07, 6.45) is -2.18. The van der Waals surface area contributed by atoms with Gasteiger partial charge in [0.25, 0.3) is 5.91 Å². The van der Waals surface area contributed by atoms with Crippen LogP contribution >= 0.6 is 0 Å². The number of imidazole rings is 1. The summed E-state index contributed by atoms with van der Waals surface area (Å²) in [4.78, 5) is 22.9. The fourth-order valence-electron chi connectivity index (χ4n) is 3.16. The number of alkyl halides is 3. The molecule has 0 aliphatic carbocycles. The average Bonchev–Trinajstić information content (AvgIpc) is 3.15. The van der Waals surface area contributed by atoms with Gasteiger partial charge in [-0.2, -0.15) is 13.2 Å². The first-order chi connectivity index (χ1) is 14.8. The second kappa shape index (κ2) is 8.10. The minimum Gasteiger partial charge on any atom is -0.354 e. The van der Waals surface area contributed by atoms with E-state index in [1.165, 1.54) is 6.07 Å². The van der Waals surface area contributed by atoms with Gasteiger partial charge in [0.2, 0.25) is 5.95 Å². The third-order valence-corrected chi connectivity index (χ3v) is 4.72. The van der Waals surface area contributed by atoms with Crippen molar-refractivity contribution in [2.75, 3.05) is 12.4 Å². The molecule has 2 aromatic heterocycles. The molecule has 2 aromatic carbocycles. The maximum atomic E-state index is 12.9. The Morgan fingerprint density at radius 1 is 1.03 bits per heavy atom. The number of fused-ring (bicyclic) bond motifs is 1. The van der Waals surface area contributed by atoms with E-state index in [1.807, 2.05) is 30.3 Å². The molecule has 3 N–H and O–H groups in total. The molecule has 0 radical (unpaired) electrons. The summed E-state index contributed by atoms with van der Waals surface area (Å²) in [6.45, 7) is 0. The lowest BCUT2D eigenvalue weighted by molar-refractivity contribution is -0.137. The molecule has 0 aliphatic rings. The summed E-state index contributed by atoms with van der Waals surface area (Å²) < 4.78 is 38.6. The zero-order valence-corrected chi connectivity index (χ0v) is 16.4. The molecule has 1 amide bonds. The van der Waals surface area contributed by atoms with E-state index in [-0.39, 0.29) is 5.91 Å². The van der Waals surface area contributed by atoms with Gasteiger partial charge in [-0.15, -0.1) is 0 Å². The Morgan fingerprint density at radius 3 is 2.52 bits per heavy atom. The predicted molar refractivity (Wildman–Crippen MR) is 111 cm³/mol. The van der Waals surface area contributed by atoms with Crippen LogP contribution < -0.4 is 10.6 Å². The summed E-state index contributed by atoms with van der Waals surface area (Å²) in [5.74, 6) is 0.112. The van der Waals surface area contributed by atoms with Gasteiger partial charge < -0.3 is 15.6 Å². The molecule has 158 valence electrons. The smallest absolute Gasteiger partial charge is 0.354 e. The van der Waals surface area contributed by atoms with Crippen molar-refractivity contribution < 1.29 is 18.0 Å². The highest BCUT2D eigenvalue weighted by molar-refractivity contribution is 5.92. The number of halogens is 3. The average molecular weight is 425 g/mol. The van der Waals surface area contributed by atoms with Crippen molar-refractivity contribution in [1.29, 1.82) is 0 Å². The largest absolute Gasteiger partial charge is 0.416 e. The number of hydrogen-bond acceptors (Lipinski definition) is 4. The van der Waals surface area contributed by atoms with Crippen LogP contribution in [0.3, 0.4) is 0 Å². The first-order valence-corrected chi connectivity index (χ1v) is 9.42. The Morgan fingerprint density at radius 2 is 1.81 bits per heavy atom. The molecule has 4 aromatic rings. The van der Waals surface area contributed by atoms with E-state index < -0.39 is 11.7 Å². The number of benzene rings is 2. The second-order valence-corrected chi connectivity index (χ2v) is 6.94. The third kappa shape index (κ3) is 4.66. The van der Waals surface area contributed by atoms with Crippen LogP contribution in [-0.2, 0) is 12.6 Å². The number of H-pyrrole nitrogens is 1. The third-order valence-electron chi connectivity index (χ3n) is 4.72. The number of hydrogen-bond donors (Lipinski definition) is 3. The van der Waals surface area contributed by atoms with Gasteiger partial charge in [0.15, 0.2) is 0 Å². The number of aromatic nitrogens is 3. The number of anilines is 2. The highest BCUT2D eigenvalue weighted by atomic mass is 19.4. The van der Waals surface area contributed by atoms with Gasteiger partial charge in [0.1, 0.15) is 5.69 Å². The van der Waals surface area contributed by atoms with Gasteiger partial charge in [-0.05, 0) is 60.0 Å². The van der Waals surface area contributed by atoms with Crippen LogP contribution in [0.1, 0.15) is 27.2 Å². The molecular formula is C22H18F3N5O. The molecule has 0 atom stereocenters.